The average Bonchev–Trinajstić information content (AvgIpc) is 2.90. The van der Waals surface area contributed by atoms with E-state index in [0.717, 1.165) is 6.29 Å². The summed E-state index contributed by atoms with van der Waals surface area (Å²) in [5.74, 6) is -1.06. The van der Waals surface area contributed by atoms with Gasteiger partial charge in [0.15, 0.2) is 12.4 Å². The van der Waals surface area contributed by atoms with Crippen LogP contribution in [0.25, 0.3) is 0 Å². The molecule has 0 radical (unpaired) electrons. The Morgan fingerprint density at radius 3 is 2.05 bits per heavy atom. The van der Waals surface area contributed by atoms with E-state index in [-0.39, 0.29) is 26.4 Å². The number of hydrogen-bond donors (Lipinski definition) is 9. The first-order valence-corrected chi connectivity index (χ1v) is 11.7. The van der Waals surface area contributed by atoms with Crippen molar-refractivity contribution in [3.63, 3.8) is 0 Å². The van der Waals surface area contributed by atoms with Crippen LogP contribution in [0.4, 0.5) is 0 Å². The molecule has 9 N–H and O–H groups in total. The van der Waals surface area contributed by atoms with Gasteiger partial charge in [0.25, 0.3) is 5.91 Å². The van der Waals surface area contributed by atoms with Crippen LogP contribution >= 0.6 is 0 Å². The molecule has 0 aromatic rings. The van der Waals surface area contributed by atoms with Gasteiger partial charge in [-0.05, 0) is 0 Å². The molecule has 1 saturated heterocycles. The third kappa shape index (κ3) is 11.5. The lowest BCUT2D eigenvalue weighted by Crippen LogP contribution is -2.62. The van der Waals surface area contributed by atoms with Crippen molar-refractivity contribution in [3.05, 3.63) is 0 Å². The van der Waals surface area contributed by atoms with Crippen molar-refractivity contribution in [2.75, 3.05) is 59.4 Å². The van der Waals surface area contributed by atoms with E-state index in [4.69, 9.17) is 23.7 Å². The van der Waals surface area contributed by atoms with Gasteiger partial charge in [-0.25, -0.2) is 0 Å². The number of ether oxygens (including phenoxy) is 5. The van der Waals surface area contributed by atoms with Crippen molar-refractivity contribution >= 4 is 12.2 Å². The molecule has 1 rings (SSSR count). The fourth-order valence-corrected chi connectivity index (χ4v) is 3.20. The molecule has 0 bridgehead atoms. The first kappa shape index (κ1) is 33.6. The van der Waals surface area contributed by atoms with Crippen LogP contribution in [0.1, 0.15) is 6.42 Å². The van der Waals surface area contributed by atoms with Gasteiger partial charge < -0.3 is 74.6 Å². The summed E-state index contributed by atoms with van der Waals surface area (Å²) in [6, 6.07) is 0. The molecule has 0 aromatic carbocycles. The van der Waals surface area contributed by atoms with Crippen molar-refractivity contribution < 1.29 is 74.1 Å². The maximum absolute atomic E-state index is 12.2. The predicted octanol–water partition coefficient (Wildman–Crippen LogP) is -6.00. The Hall–Kier alpha value is -1.38. The van der Waals surface area contributed by atoms with Crippen LogP contribution in [0.15, 0.2) is 0 Å². The SMILES string of the molecule is O=CCCOCCOCCOCCNC(=O)C(O)C(O)C(O[C@@H]1OC(CO)[C@@H](O)C(O)[C@H]1O)C(O)CO. The smallest absolute Gasteiger partial charge is 0.251 e. The van der Waals surface area contributed by atoms with Crippen LogP contribution in [-0.2, 0) is 33.3 Å². The minimum absolute atomic E-state index is 0.0395. The van der Waals surface area contributed by atoms with Crippen molar-refractivity contribution in [2.24, 2.45) is 0 Å². The standard InChI is InChI=1S/C21H39NO15/c23-3-1-4-33-6-8-35-9-7-34-5-2-22-20(32)17(30)16(29)19(12(26)10-24)37-21-18(31)15(28)14(27)13(11-25)36-21/h3,12-19,21,24-31H,1-2,4-11H2,(H,22,32)/t12?,13?,14-,15?,16?,17?,18-,19?,21+/m1/s1. The summed E-state index contributed by atoms with van der Waals surface area (Å²) in [6.07, 6.45) is -15.5. The molecule has 16 nitrogen and oxygen atoms in total. The summed E-state index contributed by atoms with van der Waals surface area (Å²) < 4.78 is 26.0. The second-order valence-electron chi connectivity index (χ2n) is 8.07. The second kappa shape index (κ2) is 18.8. The molecule has 0 saturated carbocycles. The molecule has 1 amide bonds. The highest BCUT2D eigenvalue weighted by atomic mass is 16.7. The van der Waals surface area contributed by atoms with Crippen LogP contribution in [0, 0.1) is 0 Å². The summed E-state index contributed by atoms with van der Waals surface area (Å²) in [4.78, 5) is 22.3. The Labute approximate surface area is 213 Å². The summed E-state index contributed by atoms with van der Waals surface area (Å²) in [5.41, 5.74) is 0. The molecule has 37 heavy (non-hydrogen) atoms. The number of aliphatic hydroxyl groups is 8. The minimum Gasteiger partial charge on any atom is -0.394 e. The molecule has 9 atom stereocenters. The topological polar surface area (TPSA) is 254 Å². The number of aliphatic hydroxyl groups excluding tert-OH is 8. The normalized spacial score (nSPS) is 27.3. The van der Waals surface area contributed by atoms with E-state index in [9.17, 15) is 50.4 Å². The van der Waals surface area contributed by atoms with Gasteiger partial charge in [-0.15, -0.1) is 0 Å². The van der Waals surface area contributed by atoms with Crippen LogP contribution in [0.2, 0.25) is 0 Å². The molecule has 1 aliphatic rings. The van der Waals surface area contributed by atoms with Gasteiger partial charge in [0.05, 0.1) is 52.9 Å². The van der Waals surface area contributed by atoms with Gasteiger partial charge in [-0.3, -0.25) is 4.79 Å². The Balaban J connectivity index is 2.44. The summed E-state index contributed by atoms with van der Waals surface area (Å²) >= 11 is 0. The first-order chi connectivity index (χ1) is 17.7. The van der Waals surface area contributed by atoms with Gasteiger partial charge in [-0.1, -0.05) is 0 Å². The highest BCUT2D eigenvalue weighted by Crippen LogP contribution is 2.25. The highest BCUT2D eigenvalue weighted by Gasteiger charge is 2.47. The molecule has 1 heterocycles. The molecule has 218 valence electrons. The fraction of sp³-hybridized carbons (Fsp3) is 0.905. The average molecular weight is 546 g/mol. The molecule has 1 fully saturated rings. The quantitative estimate of drug-likeness (QED) is 0.0510. The van der Waals surface area contributed by atoms with Crippen LogP contribution in [0.3, 0.4) is 0 Å². The Bertz CT molecular complexity index is 627. The third-order valence-corrected chi connectivity index (χ3v) is 5.30. The van der Waals surface area contributed by atoms with Crippen LogP contribution in [0.5, 0.6) is 0 Å². The van der Waals surface area contributed by atoms with Gasteiger partial charge in [0.2, 0.25) is 0 Å². The maximum Gasteiger partial charge on any atom is 0.251 e. The van der Waals surface area contributed by atoms with Gasteiger partial charge in [0.1, 0.15) is 49.0 Å². The predicted molar refractivity (Wildman–Crippen MR) is 120 cm³/mol. The summed E-state index contributed by atoms with van der Waals surface area (Å²) in [7, 11) is 0. The number of amides is 1. The Morgan fingerprint density at radius 2 is 1.49 bits per heavy atom. The summed E-state index contributed by atoms with van der Waals surface area (Å²) in [5, 5.41) is 81.3. The molecule has 1 aliphatic heterocycles. The van der Waals surface area contributed by atoms with Gasteiger partial charge in [0, 0.05) is 13.0 Å². The first-order valence-electron chi connectivity index (χ1n) is 11.7. The van der Waals surface area contributed by atoms with Crippen LogP contribution < -0.4 is 5.32 Å². The van der Waals surface area contributed by atoms with E-state index in [0.29, 0.717) is 26.2 Å². The highest BCUT2D eigenvalue weighted by molar-refractivity contribution is 5.81. The number of hydrogen-bond acceptors (Lipinski definition) is 15. The number of rotatable bonds is 20. The van der Waals surface area contributed by atoms with E-state index >= 15 is 0 Å². The molecule has 0 aliphatic carbocycles. The molecular weight excluding hydrogens is 506 g/mol. The molecule has 16 heteroatoms. The largest absolute Gasteiger partial charge is 0.394 e. The van der Waals surface area contributed by atoms with E-state index < -0.39 is 74.2 Å². The van der Waals surface area contributed by atoms with Gasteiger partial charge in [-0.2, -0.15) is 0 Å². The second-order valence-corrected chi connectivity index (χ2v) is 8.07. The zero-order valence-corrected chi connectivity index (χ0v) is 20.3. The van der Waals surface area contributed by atoms with E-state index in [2.05, 4.69) is 5.32 Å². The van der Waals surface area contributed by atoms with Crippen molar-refractivity contribution in [3.8, 4) is 0 Å². The van der Waals surface area contributed by atoms with E-state index in [1.807, 2.05) is 0 Å². The fourth-order valence-electron chi connectivity index (χ4n) is 3.20. The molecule has 0 spiro atoms. The van der Waals surface area contributed by atoms with Crippen molar-refractivity contribution in [2.45, 2.75) is 61.5 Å². The lowest BCUT2D eigenvalue weighted by Gasteiger charge is -2.42. The van der Waals surface area contributed by atoms with E-state index in [1.165, 1.54) is 0 Å². The van der Waals surface area contributed by atoms with E-state index in [1.54, 1.807) is 0 Å². The lowest BCUT2D eigenvalue weighted by molar-refractivity contribution is -0.326. The van der Waals surface area contributed by atoms with Crippen LogP contribution in [-0.4, -0.2) is 168 Å². The number of nitrogens with one attached hydrogen (secondary N) is 1. The zero-order chi connectivity index (χ0) is 27.8. The number of carbonyl (C=O) groups is 2. The molecular formula is C21H39NO15. The lowest BCUT2D eigenvalue weighted by atomic mass is 9.98. The molecule has 0 aromatic heterocycles. The van der Waals surface area contributed by atoms with Gasteiger partial charge >= 0.3 is 0 Å². The maximum atomic E-state index is 12.2. The minimum atomic E-state index is -2.15. The number of aldehydes is 1. The zero-order valence-electron chi connectivity index (χ0n) is 20.3. The number of carbonyl (C=O) groups excluding carboxylic acids is 2. The Kier molecular flexibility index (Phi) is 17.1. The monoisotopic (exact) mass is 545 g/mol. The summed E-state index contributed by atoms with van der Waals surface area (Å²) in [6.45, 7) is -0.342. The van der Waals surface area contributed by atoms with Crippen molar-refractivity contribution in [1.82, 2.24) is 5.32 Å². The third-order valence-electron chi connectivity index (χ3n) is 5.30. The Morgan fingerprint density at radius 1 is 0.892 bits per heavy atom. The van der Waals surface area contributed by atoms with Crippen molar-refractivity contribution in [1.29, 1.82) is 0 Å². The molecule has 6 unspecified atom stereocenters.